The summed E-state index contributed by atoms with van der Waals surface area (Å²) in [5.74, 6) is 0.311. The van der Waals surface area contributed by atoms with Gasteiger partial charge in [0.05, 0.1) is 0 Å². The molecule has 0 rings (SSSR count). The van der Waals surface area contributed by atoms with Crippen molar-refractivity contribution in [3.8, 4) is 0 Å². The largest absolute Gasteiger partial charge is 0.412 e. The van der Waals surface area contributed by atoms with Crippen molar-refractivity contribution in [2.24, 2.45) is 0 Å². The fraction of sp³-hybridized carbons (Fsp3) is 0.500. The highest BCUT2D eigenvalue weighted by Gasteiger charge is 2.29. The summed E-state index contributed by atoms with van der Waals surface area (Å²) >= 11 is 1.12. The van der Waals surface area contributed by atoms with Crippen molar-refractivity contribution in [1.29, 1.82) is 0 Å². The summed E-state index contributed by atoms with van der Waals surface area (Å²) in [6.07, 6.45) is 0.296. The van der Waals surface area contributed by atoms with Crippen LogP contribution in [0, 0.1) is 6.26 Å². The molecule has 0 amide bonds. The Morgan fingerprint density at radius 3 is 2.40 bits per heavy atom. The second kappa shape index (κ2) is 3.91. The smallest absolute Gasteiger partial charge is 0.167 e. The molecule has 0 unspecified atom stereocenters. The summed E-state index contributed by atoms with van der Waals surface area (Å²) in [6.45, 7) is 1.05. The number of allylic oxidation sites excluding steroid dienone is 1. The lowest BCUT2D eigenvalue weighted by atomic mass is 10.3. The minimum absolute atomic E-state index is 0.311. The lowest BCUT2D eigenvalue weighted by Gasteiger charge is -2.04. The average molecular weight is 169 g/mol. The zero-order valence-electron chi connectivity index (χ0n) is 5.53. The molecule has 0 fully saturated rings. The van der Waals surface area contributed by atoms with Gasteiger partial charge < -0.3 is 0 Å². The van der Waals surface area contributed by atoms with Crippen LogP contribution in [0.4, 0.5) is 13.2 Å². The fourth-order valence-electron chi connectivity index (χ4n) is 0.300. The van der Waals surface area contributed by atoms with E-state index in [1.807, 2.05) is 0 Å². The Labute approximate surface area is 62.5 Å². The first-order valence-corrected chi connectivity index (χ1v) is 3.75. The van der Waals surface area contributed by atoms with Gasteiger partial charge in [0.2, 0.25) is 0 Å². The highest BCUT2D eigenvalue weighted by molar-refractivity contribution is 8.00. The lowest BCUT2D eigenvalue weighted by molar-refractivity contribution is -0.0914. The first-order chi connectivity index (χ1) is 4.48. The van der Waals surface area contributed by atoms with E-state index in [1.54, 1.807) is 0 Å². The lowest BCUT2D eigenvalue weighted by Crippen LogP contribution is -2.08. The van der Waals surface area contributed by atoms with Crippen LogP contribution in [-0.2, 0) is 0 Å². The van der Waals surface area contributed by atoms with Crippen LogP contribution in [0.25, 0.3) is 0 Å². The van der Waals surface area contributed by atoms with E-state index in [2.05, 4.69) is 6.26 Å². The molecule has 1 radical (unpaired) electrons. The second-order valence-electron chi connectivity index (χ2n) is 1.76. The second-order valence-corrected chi connectivity index (χ2v) is 2.50. The van der Waals surface area contributed by atoms with Crippen LogP contribution in [0.2, 0.25) is 0 Å². The van der Waals surface area contributed by atoms with Gasteiger partial charge in [-0.3, -0.25) is 0 Å². The Hall–Kier alpha value is -0.120. The molecule has 0 aromatic heterocycles. The minimum Gasteiger partial charge on any atom is -0.167 e. The van der Waals surface area contributed by atoms with E-state index in [0.29, 0.717) is 5.75 Å². The molecule has 0 N–H and O–H groups in total. The van der Waals surface area contributed by atoms with Crippen LogP contribution >= 0.6 is 11.8 Å². The monoisotopic (exact) mass is 169 g/mol. The molecule has 0 saturated heterocycles. The Balaban J connectivity index is 3.93. The van der Waals surface area contributed by atoms with Crippen molar-refractivity contribution >= 4 is 11.8 Å². The molecule has 0 aliphatic rings. The Bertz CT molecular complexity index is 125. The van der Waals surface area contributed by atoms with Crippen molar-refractivity contribution in [3.05, 3.63) is 17.9 Å². The molecule has 0 aliphatic heterocycles. The van der Waals surface area contributed by atoms with E-state index in [1.165, 1.54) is 0 Å². The Morgan fingerprint density at radius 1 is 1.60 bits per heavy atom. The van der Waals surface area contributed by atoms with Gasteiger partial charge in [0, 0.05) is 17.6 Å². The van der Waals surface area contributed by atoms with Crippen molar-refractivity contribution in [2.45, 2.75) is 13.1 Å². The zero-order chi connectivity index (χ0) is 8.20. The van der Waals surface area contributed by atoms with E-state index in [4.69, 9.17) is 0 Å². The average Bonchev–Trinajstić information content (AvgIpc) is 1.80. The summed E-state index contributed by atoms with van der Waals surface area (Å²) in [4.78, 5) is 0. The van der Waals surface area contributed by atoms with Gasteiger partial charge in [-0.05, 0) is 6.92 Å². The molecule has 10 heavy (non-hydrogen) atoms. The molecule has 0 saturated carbocycles. The molecule has 4 heteroatoms. The number of halogens is 3. The number of hydrogen-bond acceptors (Lipinski definition) is 1. The summed E-state index contributed by atoms with van der Waals surface area (Å²) in [5, 5.41) is 0. The summed E-state index contributed by atoms with van der Waals surface area (Å²) in [5.41, 5.74) is -0.552. The Kier molecular flexibility index (Phi) is 3.86. The first kappa shape index (κ1) is 9.88. The molecular formula is C6H8F3S. The molecule has 0 aromatic carbocycles. The third-order valence-corrected chi connectivity index (χ3v) is 1.36. The summed E-state index contributed by atoms with van der Waals surface area (Å²) in [6, 6.07) is 0. The number of alkyl halides is 3. The fourth-order valence-corrected chi connectivity index (χ4v) is 0.668. The molecular weight excluding hydrogens is 161 g/mol. The van der Waals surface area contributed by atoms with Crippen LogP contribution < -0.4 is 0 Å². The van der Waals surface area contributed by atoms with E-state index < -0.39 is 11.7 Å². The van der Waals surface area contributed by atoms with E-state index in [0.717, 1.165) is 24.8 Å². The molecule has 0 spiro atoms. The molecule has 0 heterocycles. The van der Waals surface area contributed by atoms with Crippen LogP contribution in [0.15, 0.2) is 11.6 Å². The molecule has 0 aromatic rings. The third kappa shape index (κ3) is 3.82. The highest BCUT2D eigenvalue weighted by atomic mass is 32.2. The predicted octanol–water partition coefficient (Wildman–Crippen LogP) is 3.02. The quantitative estimate of drug-likeness (QED) is 0.572. The predicted molar refractivity (Wildman–Crippen MR) is 37.6 cm³/mol. The maximum atomic E-state index is 11.7. The van der Waals surface area contributed by atoms with Crippen molar-refractivity contribution in [3.63, 3.8) is 0 Å². The van der Waals surface area contributed by atoms with Crippen molar-refractivity contribution < 1.29 is 13.2 Å². The van der Waals surface area contributed by atoms with Gasteiger partial charge >= 0.3 is 6.18 Å². The standard InChI is InChI=1S/C6H8F3S/c1-5(3-4-10-2)6(7,8)9/h3H,2,4H2,1H3. The SMILES string of the molecule is [CH2]SCC=C(C)C(F)(F)F. The number of thioether (sulfide) groups is 1. The topological polar surface area (TPSA) is 0 Å². The maximum Gasteiger partial charge on any atom is 0.412 e. The van der Waals surface area contributed by atoms with Crippen LogP contribution in [0.1, 0.15) is 6.92 Å². The van der Waals surface area contributed by atoms with Gasteiger partial charge in [0.1, 0.15) is 0 Å². The summed E-state index contributed by atoms with van der Waals surface area (Å²) < 4.78 is 35.0. The van der Waals surface area contributed by atoms with Gasteiger partial charge in [-0.15, -0.1) is 0 Å². The number of hydrogen-bond donors (Lipinski definition) is 0. The normalized spacial score (nSPS) is 13.9. The minimum atomic E-state index is -4.17. The van der Waals surface area contributed by atoms with Gasteiger partial charge in [-0.25, -0.2) is 0 Å². The van der Waals surface area contributed by atoms with Crippen LogP contribution in [0.3, 0.4) is 0 Å². The number of rotatable bonds is 2. The highest BCUT2D eigenvalue weighted by Crippen LogP contribution is 2.24. The Morgan fingerprint density at radius 2 is 2.10 bits per heavy atom. The van der Waals surface area contributed by atoms with Crippen molar-refractivity contribution in [1.82, 2.24) is 0 Å². The maximum absolute atomic E-state index is 11.7. The van der Waals surface area contributed by atoms with E-state index in [-0.39, 0.29) is 0 Å². The third-order valence-electron chi connectivity index (χ3n) is 0.955. The van der Waals surface area contributed by atoms with Gasteiger partial charge in [-0.2, -0.15) is 24.9 Å². The van der Waals surface area contributed by atoms with E-state index in [9.17, 15) is 13.2 Å². The van der Waals surface area contributed by atoms with Crippen LogP contribution in [0.5, 0.6) is 0 Å². The molecule has 0 nitrogen and oxygen atoms in total. The van der Waals surface area contributed by atoms with Gasteiger partial charge in [0.25, 0.3) is 0 Å². The molecule has 59 valence electrons. The molecule has 0 aliphatic carbocycles. The van der Waals surface area contributed by atoms with Crippen molar-refractivity contribution in [2.75, 3.05) is 5.75 Å². The van der Waals surface area contributed by atoms with Gasteiger partial charge in [0.15, 0.2) is 0 Å². The van der Waals surface area contributed by atoms with E-state index >= 15 is 0 Å². The summed E-state index contributed by atoms with van der Waals surface area (Å²) in [7, 11) is 0. The van der Waals surface area contributed by atoms with Gasteiger partial charge in [-0.1, -0.05) is 6.08 Å². The molecule has 0 bridgehead atoms. The zero-order valence-corrected chi connectivity index (χ0v) is 6.35. The first-order valence-electron chi connectivity index (χ1n) is 2.59. The molecule has 0 atom stereocenters. The van der Waals surface area contributed by atoms with Crippen LogP contribution in [-0.4, -0.2) is 11.9 Å².